The van der Waals surface area contributed by atoms with Gasteiger partial charge in [-0.2, -0.15) is 5.10 Å². The zero-order valence-electron chi connectivity index (χ0n) is 21.0. The molecule has 4 N–H and O–H groups in total. The summed E-state index contributed by atoms with van der Waals surface area (Å²) in [5, 5.41) is 10.2. The fourth-order valence-corrected chi connectivity index (χ4v) is 4.69. The summed E-state index contributed by atoms with van der Waals surface area (Å²) in [7, 11) is 0. The first kappa shape index (κ1) is 25.0. The quantitative estimate of drug-likeness (QED) is 0.477. The zero-order valence-corrected chi connectivity index (χ0v) is 21.0. The monoisotopic (exact) mass is 488 g/mol. The number of nitrogens with two attached hydrogens (primary N) is 1. The second kappa shape index (κ2) is 10.2. The third kappa shape index (κ3) is 5.25. The normalized spacial score (nSPS) is 15.2. The van der Waals surface area contributed by atoms with Crippen LogP contribution in [0, 0.1) is 13.8 Å². The van der Waals surface area contributed by atoms with Crippen molar-refractivity contribution in [3.63, 3.8) is 0 Å². The maximum absolute atomic E-state index is 13.0. The number of amides is 4. The summed E-state index contributed by atoms with van der Waals surface area (Å²) in [5.74, 6) is 0.0204. The van der Waals surface area contributed by atoms with E-state index in [-0.39, 0.29) is 11.9 Å². The lowest BCUT2D eigenvalue weighted by Crippen LogP contribution is -2.45. The number of aromatic nitrogens is 2. The van der Waals surface area contributed by atoms with Crippen LogP contribution in [0.4, 0.5) is 16.3 Å². The largest absolute Gasteiger partial charge is 0.366 e. The van der Waals surface area contributed by atoms with Gasteiger partial charge in [0, 0.05) is 30.1 Å². The van der Waals surface area contributed by atoms with Crippen molar-refractivity contribution >= 4 is 29.4 Å². The molecular weight excluding hydrogens is 456 g/mol. The molecule has 0 aliphatic carbocycles. The molecule has 1 fully saturated rings. The first-order valence-corrected chi connectivity index (χ1v) is 12.1. The molecule has 0 bridgehead atoms. The molecule has 1 atom stereocenters. The Bertz CT molecular complexity index is 1310. The second-order valence-electron chi connectivity index (χ2n) is 9.51. The molecule has 36 heavy (non-hydrogen) atoms. The van der Waals surface area contributed by atoms with Crippen molar-refractivity contribution in [2.75, 3.05) is 17.2 Å². The van der Waals surface area contributed by atoms with Crippen molar-refractivity contribution in [1.29, 1.82) is 0 Å². The molecule has 4 amide bonds. The minimum absolute atomic E-state index is 0.278. The van der Waals surface area contributed by atoms with Gasteiger partial charge in [0.15, 0.2) is 5.82 Å². The number of hydrogen-bond donors (Lipinski definition) is 3. The predicted molar refractivity (Wildman–Crippen MR) is 139 cm³/mol. The van der Waals surface area contributed by atoms with Crippen molar-refractivity contribution in [2.45, 2.75) is 52.5 Å². The van der Waals surface area contributed by atoms with Crippen molar-refractivity contribution in [3.05, 3.63) is 70.9 Å². The van der Waals surface area contributed by atoms with E-state index in [1.54, 1.807) is 47.0 Å². The third-order valence-electron chi connectivity index (χ3n) is 6.54. The van der Waals surface area contributed by atoms with E-state index >= 15 is 0 Å². The fourth-order valence-electron chi connectivity index (χ4n) is 4.69. The Kier molecular flexibility index (Phi) is 7.10. The van der Waals surface area contributed by atoms with Gasteiger partial charge in [0.05, 0.1) is 5.69 Å². The van der Waals surface area contributed by atoms with Crippen LogP contribution in [0.15, 0.2) is 48.7 Å². The minimum Gasteiger partial charge on any atom is -0.366 e. The molecular formula is C27H32N6O3. The number of likely N-dealkylation sites (tertiary alicyclic amines) is 1. The van der Waals surface area contributed by atoms with Gasteiger partial charge in [0.2, 0.25) is 11.8 Å². The highest BCUT2D eigenvalue weighted by molar-refractivity contribution is 5.99. The summed E-state index contributed by atoms with van der Waals surface area (Å²) >= 11 is 0. The van der Waals surface area contributed by atoms with E-state index in [1.165, 1.54) is 5.56 Å². The van der Waals surface area contributed by atoms with Gasteiger partial charge in [0.25, 0.3) is 0 Å². The summed E-state index contributed by atoms with van der Waals surface area (Å²) in [6, 6.07) is 11.9. The van der Waals surface area contributed by atoms with E-state index in [0.717, 1.165) is 23.2 Å². The molecule has 188 valence electrons. The number of carbonyl (C=O) groups excluding carboxylic acids is 3. The van der Waals surface area contributed by atoms with Crippen LogP contribution in [0.2, 0.25) is 0 Å². The standard InChI is InChI=1S/C27H32N6O3/c1-16(2)21-9-7-19(14-17(21)3)29-27(36)32-12-5-6-23(32)26(35)30-24-11-13-33(31-24)20-8-10-22(25(28)34)18(4)15-20/h7-11,13-16,23H,5-6,12H2,1-4H3,(H2,28,34)(H,29,36)(H,30,31,35)/t23-/m1/s1. The van der Waals surface area contributed by atoms with Crippen molar-refractivity contribution < 1.29 is 14.4 Å². The van der Waals surface area contributed by atoms with Gasteiger partial charge in [-0.3, -0.25) is 9.59 Å². The number of nitrogens with one attached hydrogen (secondary N) is 2. The molecule has 0 radical (unpaired) electrons. The lowest BCUT2D eigenvalue weighted by molar-refractivity contribution is -0.119. The van der Waals surface area contributed by atoms with Crippen LogP contribution in [0.1, 0.15) is 59.7 Å². The Morgan fingerprint density at radius 3 is 2.47 bits per heavy atom. The molecule has 3 aromatic rings. The minimum atomic E-state index is -0.580. The van der Waals surface area contributed by atoms with Crippen molar-refractivity contribution in [1.82, 2.24) is 14.7 Å². The van der Waals surface area contributed by atoms with Crippen LogP contribution in [-0.4, -0.2) is 45.1 Å². The van der Waals surface area contributed by atoms with Gasteiger partial charge in [-0.25, -0.2) is 9.48 Å². The Balaban J connectivity index is 1.42. The van der Waals surface area contributed by atoms with E-state index in [0.29, 0.717) is 36.0 Å². The number of carbonyl (C=O) groups is 3. The maximum atomic E-state index is 13.0. The molecule has 1 aliphatic rings. The van der Waals surface area contributed by atoms with Gasteiger partial charge >= 0.3 is 6.03 Å². The summed E-state index contributed by atoms with van der Waals surface area (Å²) in [4.78, 5) is 39.1. The summed E-state index contributed by atoms with van der Waals surface area (Å²) in [6.45, 7) is 8.61. The van der Waals surface area contributed by atoms with Gasteiger partial charge in [-0.15, -0.1) is 0 Å². The fraction of sp³-hybridized carbons (Fsp3) is 0.333. The number of benzene rings is 2. The van der Waals surface area contributed by atoms with E-state index in [1.807, 2.05) is 25.1 Å². The Hall–Kier alpha value is -4.14. The van der Waals surface area contributed by atoms with E-state index in [4.69, 9.17) is 5.73 Å². The Morgan fingerprint density at radius 2 is 1.81 bits per heavy atom. The molecule has 0 spiro atoms. The number of primary amides is 1. The molecule has 2 heterocycles. The second-order valence-corrected chi connectivity index (χ2v) is 9.51. The highest BCUT2D eigenvalue weighted by atomic mass is 16.2. The number of rotatable bonds is 6. The van der Waals surface area contributed by atoms with Crippen LogP contribution >= 0.6 is 0 Å². The van der Waals surface area contributed by atoms with E-state index in [9.17, 15) is 14.4 Å². The molecule has 2 aromatic carbocycles. The SMILES string of the molecule is Cc1cc(-n2ccc(NC(=O)[C@H]3CCCN3C(=O)Nc3ccc(C(C)C)c(C)c3)n2)ccc1C(N)=O. The predicted octanol–water partition coefficient (Wildman–Crippen LogP) is 4.35. The highest BCUT2D eigenvalue weighted by Gasteiger charge is 2.34. The Morgan fingerprint density at radius 1 is 1.03 bits per heavy atom. The van der Waals surface area contributed by atoms with Crippen molar-refractivity contribution in [2.24, 2.45) is 5.73 Å². The molecule has 1 aliphatic heterocycles. The number of hydrogen-bond acceptors (Lipinski definition) is 4. The summed E-state index contributed by atoms with van der Waals surface area (Å²) < 4.78 is 1.61. The number of aryl methyl sites for hydroxylation is 2. The average Bonchev–Trinajstić information content (AvgIpc) is 3.48. The number of urea groups is 1. The van der Waals surface area contributed by atoms with Gasteiger partial charge in [0.1, 0.15) is 6.04 Å². The average molecular weight is 489 g/mol. The molecule has 0 saturated carbocycles. The zero-order chi connectivity index (χ0) is 26.0. The molecule has 1 aromatic heterocycles. The topological polar surface area (TPSA) is 122 Å². The van der Waals surface area contributed by atoms with E-state index < -0.39 is 11.9 Å². The summed E-state index contributed by atoms with van der Waals surface area (Å²) in [5.41, 5.74) is 10.4. The number of nitrogens with zero attached hydrogens (tertiary/aromatic N) is 3. The van der Waals surface area contributed by atoms with Crippen molar-refractivity contribution in [3.8, 4) is 5.69 Å². The molecule has 1 saturated heterocycles. The lowest BCUT2D eigenvalue weighted by Gasteiger charge is -2.24. The van der Waals surface area contributed by atoms with Crippen LogP contribution in [0.3, 0.4) is 0 Å². The lowest BCUT2D eigenvalue weighted by atomic mass is 9.98. The highest BCUT2D eigenvalue weighted by Crippen LogP contribution is 2.24. The van der Waals surface area contributed by atoms with Gasteiger partial charge in [-0.1, -0.05) is 19.9 Å². The molecule has 4 rings (SSSR count). The van der Waals surface area contributed by atoms with E-state index in [2.05, 4.69) is 29.6 Å². The molecule has 0 unspecified atom stereocenters. The van der Waals surface area contributed by atoms with Crippen LogP contribution in [-0.2, 0) is 4.79 Å². The Labute approximate surface area is 210 Å². The van der Waals surface area contributed by atoms with Gasteiger partial charge < -0.3 is 21.3 Å². The first-order valence-electron chi connectivity index (χ1n) is 12.1. The third-order valence-corrected chi connectivity index (χ3v) is 6.54. The van der Waals surface area contributed by atoms with Crippen LogP contribution in [0.5, 0.6) is 0 Å². The van der Waals surface area contributed by atoms with Gasteiger partial charge in [-0.05, 0) is 79.6 Å². The smallest absolute Gasteiger partial charge is 0.322 e. The summed E-state index contributed by atoms with van der Waals surface area (Å²) in [6.07, 6.45) is 3.05. The maximum Gasteiger partial charge on any atom is 0.322 e. The first-order chi connectivity index (χ1) is 17.1. The molecule has 9 nitrogen and oxygen atoms in total. The number of anilines is 2. The molecule has 9 heteroatoms. The van der Waals surface area contributed by atoms with Crippen LogP contribution in [0.25, 0.3) is 5.69 Å². The van der Waals surface area contributed by atoms with Crippen LogP contribution < -0.4 is 16.4 Å².